The molecule has 0 atom stereocenters. The second-order valence-corrected chi connectivity index (χ2v) is 7.06. The molecule has 0 spiro atoms. The minimum Gasteiger partial charge on any atom is -0.497 e. The van der Waals surface area contributed by atoms with E-state index < -0.39 is 0 Å². The third kappa shape index (κ3) is 3.95. The molecule has 1 saturated carbocycles. The van der Waals surface area contributed by atoms with Gasteiger partial charge < -0.3 is 24.6 Å². The Morgan fingerprint density at radius 3 is 2.43 bits per heavy atom. The van der Waals surface area contributed by atoms with Crippen LogP contribution in [0.4, 0.5) is 16.3 Å². The van der Waals surface area contributed by atoms with Gasteiger partial charge in [-0.2, -0.15) is 5.10 Å². The summed E-state index contributed by atoms with van der Waals surface area (Å²) < 4.78 is 10.5. The van der Waals surface area contributed by atoms with E-state index in [0.29, 0.717) is 36.2 Å². The van der Waals surface area contributed by atoms with E-state index in [9.17, 15) is 4.79 Å². The first-order valence-electron chi connectivity index (χ1n) is 9.54. The predicted octanol–water partition coefficient (Wildman–Crippen LogP) is 2.73. The molecule has 1 aliphatic carbocycles. The van der Waals surface area contributed by atoms with Gasteiger partial charge in [0, 0.05) is 38.2 Å². The second-order valence-electron chi connectivity index (χ2n) is 7.06. The lowest BCUT2D eigenvalue weighted by Crippen LogP contribution is -2.50. The summed E-state index contributed by atoms with van der Waals surface area (Å²) in [6, 6.07) is 9.30. The number of aromatic nitrogens is 2. The summed E-state index contributed by atoms with van der Waals surface area (Å²) in [6.45, 7) is 2.70. The number of ether oxygens (including phenoxy) is 2. The molecule has 148 valence electrons. The van der Waals surface area contributed by atoms with Gasteiger partial charge in [-0.25, -0.2) is 4.79 Å². The van der Waals surface area contributed by atoms with E-state index in [2.05, 4.69) is 26.5 Å². The molecule has 4 rings (SSSR count). The molecule has 8 nitrogen and oxygen atoms in total. The van der Waals surface area contributed by atoms with Crippen molar-refractivity contribution in [3.8, 4) is 11.5 Å². The molecule has 2 amide bonds. The van der Waals surface area contributed by atoms with E-state index >= 15 is 0 Å². The smallest absolute Gasteiger partial charge is 0.322 e. The molecular weight excluding hydrogens is 358 g/mol. The fourth-order valence-electron chi connectivity index (χ4n) is 3.34. The number of urea groups is 1. The van der Waals surface area contributed by atoms with Crippen molar-refractivity contribution in [2.24, 2.45) is 0 Å². The molecule has 1 aliphatic heterocycles. The second kappa shape index (κ2) is 7.92. The minimum atomic E-state index is -0.140. The van der Waals surface area contributed by atoms with Crippen molar-refractivity contribution < 1.29 is 14.3 Å². The maximum absolute atomic E-state index is 12.6. The number of piperazine rings is 1. The third-order valence-electron chi connectivity index (χ3n) is 5.21. The lowest BCUT2D eigenvalue weighted by Gasteiger charge is -2.35. The zero-order valence-electron chi connectivity index (χ0n) is 16.2. The van der Waals surface area contributed by atoms with Crippen molar-refractivity contribution in [2.75, 3.05) is 50.6 Å². The van der Waals surface area contributed by atoms with Gasteiger partial charge in [0.15, 0.2) is 5.82 Å². The van der Waals surface area contributed by atoms with Crippen LogP contribution in [0.2, 0.25) is 0 Å². The number of rotatable bonds is 5. The first kappa shape index (κ1) is 18.3. The topological polar surface area (TPSA) is 79.8 Å². The predicted molar refractivity (Wildman–Crippen MR) is 106 cm³/mol. The van der Waals surface area contributed by atoms with Gasteiger partial charge in [0.25, 0.3) is 0 Å². The first-order valence-corrected chi connectivity index (χ1v) is 9.54. The summed E-state index contributed by atoms with van der Waals surface area (Å²) in [5, 5.41) is 11.6. The normalized spacial score (nSPS) is 16.6. The molecule has 2 aliphatic rings. The minimum absolute atomic E-state index is 0.140. The van der Waals surface area contributed by atoms with E-state index in [1.54, 1.807) is 37.3 Å². The molecular formula is C20H25N5O3. The average Bonchev–Trinajstić information content (AvgIpc) is 3.59. The molecule has 1 N–H and O–H groups in total. The Morgan fingerprint density at radius 2 is 1.82 bits per heavy atom. The molecule has 0 radical (unpaired) electrons. The molecule has 1 aromatic heterocycles. The highest BCUT2D eigenvalue weighted by molar-refractivity contribution is 5.91. The fourth-order valence-corrected chi connectivity index (χ4v) is 3.34. The van der Waals surface area contributed by atoms with Crippen molar-refractivity contribution in [1.82, 2.24) is 15.1 Å². The van der Waals surface area contributed by atoms with Gasteiger partial charge >= 0.3 is 6.03 Å². The summed E-state index contributed by atoms with van der Waals surface area (Å²) in [4.78, 5) is 16.6. The summed E-state index contributed by atoms with van der Waals surface area (Å²) in [5.41, 5.74) is 1.72. The van der Waals surface area contributed by atoms with Crippen LogP contribution in [0.15, 0.2) is 30.3 Å². The van der Waals surface area contributed by atoms with E-state index in [0.717, 1.165) is 24.6 Å². The standard InChI is InChI=1S/C20H25N5O3/c1-27-15-5-6-17(18(13-15)28-2)21-20(26)25-11-9-24(10-12-25)19-8-7-16(22-23-19)14-3-4-14/h5-8,13-14H,3-4,9-12H2,1-2H3,(H,21,26). The highest BCUT2D eigenvalue weighted by Gasteiger charge is 2.26. The van der Waals surface area contributed by atoms with Gasteiger partial charge in [0.05, 0.1) is 25.6 Å². The largest absolute Gasteiger partial charge is 0.497 e. The Morgan fingerprint density at radius 1 is 1.04 bits per heavy atom. The van der Waals surface area contributed by atoms with Crippen molar-refractivity contribution in [3.05, 3.63) is 36.0 Å². The van der Waals surface area contributed by atoms with Crippen molar-refractivity contribution in [2.45, 2.75) is 18.8 Å². The van der Waals surface area contributed by atoms with Gasteiger partial charge in [0.2, 0.25) is 0 Å². The molecule has 2 fully saturated rings. The Hall–Kier alpha value is -3.03. The first-order chi connectivity index (χ1) is 13.7. The number of hydrogen-bond acceptors (Lipinski definition) is 6. The zero-order chi connectivity index (χ0) is 19.5. The van der Waals surface area contributed by atoms with E-state index in [-0.39, 0.29) is 6.03 Å². The van der Waals surface area contributed by atoms with Crippen LogP contribution in [0, 0.1) is 0 Å². The Bertz CT molecular complexity index is 830. The summed E-state index contributed by atoms with van der Waals surface area (Å²) >= 11 is 0. The Labute approximate surface area is 164 Å². The average molecular weight is 383 g/mol. The molecule has 8 heteroatoms. The van der Waals surface area contributed by atoms with Crippen molar-refractivity contribution >= 4 is 17.5 Å². The fraction of sp³-hybridized carbons (Fsp3) is 0.450. The number of nitrogens with zero attached hydrogens (tertiary/aromatic N) is 4. The van der Waals surface area contributed by atoms with Crippen molar-refractivity contribution in [3.63, 3.8) is 0 Å². The molecule has 2 aromatic rings. The maximum Gasteiger partial charge on any atom is 0.322 e. The number of carbonyl (C=O) groups excluding carboxylic acids is 1. The van der Waals surface area contributed by atoms with Crippen LogP contribution in [0.3, 0.4) is 0 Å². The van der Waals surface area contributed by atoms with Crippen LogP contribution in [0.5, 0.6) is 11.5 Å². The number of anilines is 2. The quantitative estimate of drug-likeness (QED) is 0.855. The highest BCUT2D eigenvalue weighted by atomic mass is 16.5. The number of benzene rings is 1. The molecule has 28 heavy (non-hydrogen) atoms. The van der Waals surface area contributed by atoms with E-state index in [4.69, 9.17) is 9.47 Å². The molecule has 0 bridgehead atoms. The van der Waals surface area contributed by atoms with Crippen LogP contribution in [-0.4, -0.2) is 61.5 Å². The third-order valence-corrected chi connectivity index (χ3v) is 5.21. The SMILES string of the molecule is COc1ccc(NC(=O)N2CCN(c3ccc(C4CC4)nn3)CC2)c(OC)c1. The molecule has 1 aromatic carbocycles. The van der Waals surface area contributed by atoms with Crippen LogP contribution in [0.1, 0.15) is 24.5 Å². The highest BCUT2D eigenvalue weighted by Crippen LogP contribution is 2.38. The van der Waals surface area contributed by atoms with Gasteiger partial charge in [-0.15, -0.1) is 5.10 Å². The van der Waals surface area contributed by atoms with E-state index in [1.807, 2.05) is 6.07 Å². The van der Waals surface area contributed by atoms with Gasteiger partial charge in [-0.3, -0.25) is 0 Å². The molecule has 0 unspecified atom stereocenters. The summed E-state index contributed by atoms with van der Waals surface area (Å²) in [6.07, 6.45) is 2.45. The zero-order valence-corrected chi connectivity index (χ0v) is 16.2. The summed E-state index contributed by atoms with van der Waals surface area (Å²) in [7, 11) is 3.16. The van der Waals surface area contributed by atoms with Crippen molar-refractivity contribution in [1.29, 1.82) is 0 Å². The summed E-state index contributed by atoms with van der Waals surface area (Å²) in [5.74, 6) is 2.73. The Balaban J connectivity index is 1.33. The van der Waals surface area contributed by atoms with Gasteiger partial charge in [0.1, 0.15) is 11.5 Å². The van der Waals surface area contributed by atoms with Crippen LogP contribution < -0.4 is 19.7 Å². The number of carbonyl (C=O) groups is 1. The van der Waals surface area contributed by atoms with Gasteiger partial charge in [-0.1, -0.05) is 0 Å². The Kier molecular flexibility index (Phi) is 5.18. The maximum atomic E-state index is 12.6. The molecule has 1 saturated heterocycles. The van der Waals surface area contributed by atoms with E-state index in [1.165, 1.54) is 12.8 Å². The number of hydrogen-bond donors (Lipinski definition) is 1. The lowest BCUT2D eigenvalue weighted by molar-refractivity contribution is 0.208. The number of nitrogens with one attached hydrogen (secondary N) is 1. The molecule has 2 heterocycles. The van der Waals surface area contributed by atoms with Crippen LogP contribution in [0.25, 0.3) is 0 Å². The van der Waals surface area contributed by atoms with Crippen LogP contribution in [-0.2, 0) is 0 Å². The number of methoxy groups -OCH3 is 2. The lowest BCUT2D eigenvalue weighted by atomic mass is 10.2. The van der Waals surface area contributed by atoms with Gasteiger partial charge in [-0.05, 0) is 37.1 Å². The van der Waals surface area contributed by atoms with Crippen LogP contribution >= 0.6 is 0 Å². The monoisotopic (exact) mass is 383 g/mol. The number of amides is 2.